The monoisotopic (exact) mass is 497 g/mol. The van der Waals surface area contributed by atoms with Gasteiger partial charge in [0.05, 0.1) is 11.6 Å². The maximum atomic E-state index is 13.4. The molecule has 188 valence electrons. The van der Waals surface area contributed by atoms with Crippen LogP contribution in [0.4, 0.5) is 22.0 Å². The molecule has 0 aromatic carbocycles. The summed E-state index contributed by atoms with van der Waals surface area (Å²) in [5.41, 5.74) is -1.51. The summed E-state index contributed by atoms with van der Waals surface area (Å²) in [7, 11) is 1.60. The molecule has 0 spiro atoms. The van der Waals surface area contributed by atoms with Crippen molar-refractivity contribution in [2.45, 2.75) is 38.9 Å². The van der Waals surface area contributed by atoms with Gasteiger partial charge >= 0.3 is 6.18 Å². The molecule has 1 amide bonds. The molecule has 35 heavy (non-hydrogen) atoms. The number of alkyl halides is 5. The predicted molar refractivity (Wildman–Crippen MR) is 117 cm³/mol. The summed E-state index contributed by atoms with van der Waals surface area (Å²) in [6.45, 7) is 4.35. The molecule has 0 N–H and O–H groups in total. The zero-order chi connectivity index (χ0) is 26.0. The zero-order valence-electron chi connectivity index (χ0n) is 19.5. The number of hydrogen-bond donors (Lipinski definition) is 0. The molecule has 0 aliphatic heterocycles. The van der Waals surface area contributed by atoms with Crippen LogP contribution in [-0.4, -0.2) is 49.7 Å². The predicted octanol–water partition coefficient (Wildman–Crippen LogP) is 4.94. The molecule has 0 saturated heterocycles. The number of amides is 1. The lowest BCUT2D eigenvalue weighted by atomic mass is 10.1. The fourth-order valence-electron chi connectivity index (χ4n) is 3.36. The summed E-state index contributed by atoms with van der Waals surface area (Å²) in [6.07, 6.45) is -2.15. The van der Waals surface area contributed by atoms with E-state index in [1.54, 1.807) is 20.9 Å². The van der Waals surface area contributed by atoms with E-state index in [0.29, 0.717) is 0 Å². The lowest BCUT2D eigenvalue weighted by molar-refractivity contribution is -0.141. The lowest BCUT2D eigenvalue weighted by Gasteiger charge is -2.28. The molecule has 0 bridgehead atoms. The number of carbonyl (C=O) groups is 1. The minimum Gasteiger partial charge on any atom is -0.475 e. The van der Waals surface area contributed by atoms with Crippen LogP contribution >= 0.6 is 0 Å². The van der Waals surface area contributed by atoms with Crippen LogP contribution in [0.2, 0.25) is 0 Å². The van der Waals surface area contributed by atoms with Gasteiger partial charge in [0.2, 0.25) is 5.88 Å². The van der Waals surface area contributed by atoms with Crippen molar-refractivity contribution in [2.24, 2.45) is 7.05 Å². The molecule has 0 saturated carbocycles. The lowest BCUT2D eigenvalue weighted by Crippen LogP contribution is -2.42. The standard InChI is InChI=1S/C23H24F5N5O2/c1-5-33(14(2)13-35-19-9-6-15(12-29-19)22(3,24)25)21(34)16-7-8-18(23(26,27)28)30-20(16)17-10-11-32(4)31-17/h6-12,14H,5,13H2,1-4H3/t14-/m0/s1. The van der Waals surface area contributed by atoms with Crippen molar-refractivity contribution in [2.75, 3.05) is 13.2 Å². The van der Waals surface area contributed by atoms with Crippen molar-refractivity contribution < 1.29 is 31.5 Å². The number of pyridine rings is 2. The summed E-state index contributed by atoms with van der Waals surface area (Å²) >= 11 is 0. The molecule has 0 unspecified atom stereocenters. The molecule has 3 rings (SSSR count). The van der Waals surface area contributed by atoms with E-state index in [0.717, 1.165) is 25.3 Å². The Labute approximate surface area is 198 Å². The summed E-state index contributed by atoms with van der Waals surface area (Å²) in [6, 6.07) is 5.28. The Morgan fingerprint density at radius 2 is 1.86 bits per heavy atom. The van der Waals surface area contributed by atoms with E-state index in [2.05, 4.69) is 15.1 Å². The van der Waals surface area contributed by atoms with Gasteiger partial charge in [-0.1, -0.05) is 0 Å². The minimum absolute atomic E-state index is 0.0264. The van der Waals surface area contributed by atoms with E-state index in [1.165, 1.54) is 34.0 Å². The highest BCUT2D eigenvalue weighted by Gasteiger charge is 2.35. The molecule has 1 atom stereocenters. The Balaban J connectivity index is 1.83. The highest BCUT2D eigenvalue weighted by Crippen LogP contribution is 2.31. The second-order valence-electron chi connectivity index (χ2n) is 7.99. The highest BCUT2D eigenvalue weighted by molar-refractivity contribution is 5.99. The number of halogens is 5. The smallest absolute Gasteiger partial charge is 0.433 e. The molecule has 0 aliphatic carbocycles. The summed E-state index contributed by atoms with van der Waals surface area (Å²) in [5.74, 6) is -3.50. The van der Waals surface area contributed by atoms with E-state index in [-0.39, 0.29) is 41.5 Å². The van der Waals surface area contributed by atoms with Gasteiger partial charge in [-0.05, 0) is 38.1 Å². The van der Waals surface area contributed by atoms with Crippen LogP contribution in [0.3, 0.4) is 0 Å². The SMILES string of the molecule is CCN(C(=O)c1ccc(C(F)(F)F)nc1-c1ccn(C)n1)[C@@H](C)COc1ccc(C(C)(F)F)cn1. The molecule has 3 aromatic heterocycles. The van der Waals surface area contributed by atoms with Crippen LogP contribution in [0.5, 0.6) is 5.88 Å². The van der Waals surface area contributed by atoms with Gasteiger partial charge in [0, 0.05) is 44.5 Å². The van der Waals surface area contributed by atoms with Crippen molar-refractivity contribution in [3.8, 4) is 17.3 Å². The van der Waals surface area contributed by atoms with E-state index in [1.807, 2.05) is 0 Å². The summed E-state index contributed by atoms with van der Waals surface area (Å²) < 4.78 is 73.5. The summed E-state index contributed by atoms with van der Waals surface area (Å²) in [5, 5.41) is 4.11. The molecule has 3 heterocycles. The van der Waals surface area contributed by atoms with Gasteiger partial charge in [0.25, 0.3) is 11.8 Å². The number of hydrogen-bond acceptors (Lipinski definition) is 5. The Morgan fingerprint density at radius 3 is 2.37 bits per heavy atom. The first kappa shape index (κ1) is 26.0. The Hall–Kier alpha value is -3.57. The molecule has 0 fully saturated rings. The maximum absolute atomic E-state index is 13.4. The molecule has 7 nitrogen and oxygen atoms in total. The van der Waals surface area contributed by atoms with E-state index >= 15 is 0 Å². The first-order valence-electron chi connectivity index (χ1n) is 10.7. The van der Waals surface area contributed by atoms with Crippen molar-refractivity contribution >= 4 is 5.91 Å². The van der Waals surface area contributed by atoms with Gasteiger partial charge in [-0.2, -0.15) is 18.3 Å². The fraction of sp³-hybridized carbons (Fsp3) is 0.391. The quantitative estimate of drug-likeness (QED) is 0.413. The van der Waals surface area contributed by atoms with Gasteiger partial charge < -0.3 is 9.64 Å². The first-order chi connectivity index (χ1) is 16.3. The van der Waals surface area contributed by atoms with Gasteiger partial charge in [0.15, 0.2) is 0 Å². The van der Waals surface area contributed by atoms with Crippen molar-refractivity contribution in [1.82, 2.24) is 24.6 Å². The van der Waals surface area contributed by atoms with E-state index in [4.69, 9.17) is 4.74 Å². The molecular formula is C23H24F5N5O2. The molecule has 0 aliphatic rings. The Morgan fingerprint density at radius 1 is 1.14 bits per heavy atom. The number of rotatable bonds is 8. The van der Waals surface area contributed by atoms with Crippen LogP contribution in [-0.2, 0) is 19.1 Å². The van der Waals surface area contributed by atoms with E-state index in [9.17, 15) is 26.7 Å². The van der Waals surface area contributed by atoms with Crippen LogP contribution in [0.25, 0.3) is 11.4 Å². The van der Waals surface area contributed by atoms with Gasteiger partial charge in [-0.25, -0.2) is 18.7 Å². The number of aryl methyl sites for hydroxylation is 1. The average molecular weight is 497 g/mol. The largest absolute Gasteiger partial charge is 0.475 e. The van der Waals surface area contributed by atoms with Crippen LogP contribution in [0.1, 0.15) is 42.4 Å². The third-order valence-electron chi connectivity index (χ3n) is 5.22. The fourth-order valence-corrected chi connectivity index (χ4v) is 3.36. The average Bonchev–Trinajstić information content (AvgIpc) is 3.23. The normalized spacial score (nSPS) is 12.9. The number of ether oxygens (including phenoxy) is 1. The second-order valence-corrected chi connectivity index (χ2v) is 7.99. The third kappa shape index (κ3) is 6.11. The van der Waals surface area contributed by atoms with Crippen molar-refractivity contribution in [1.29, 1.82) is 0 Å². The molecule has 12 heteroatoms. The third-order valence-corrected chi connectivity index (χ3v) is 5.22. The molecular weight excluding hydrogens is 473 g/mol. The van der Waals surface area contributed by atoms with Gasteiger partial charge in [0.1, 0.15) is 23.7 Å². The topological polar surface area (TPSA) is 73.1 Å². The molecule has 3 aromatic rings. The first-order valence-corrected chi connectivity index (χ1v) is 10.7. The van der Waals surface area contributed by atoms with Gasteiger partial charge in [-0.15, -0.1) is 0 Å². The minimum atomic E-state index is -4.69. The second kappa shape index (κ2) is 9.96. The van der Waals surface area contributed by atoms with Crippen LogP contribution < -0.4 is 4.74 Å². The number of carbonyl (C=O) groups excluding carboxylic acids is 1. The molecule has 0 radical (unpaired) electrons. The number of nitrogens with zero attached hydrogens (tertiary/aromatic N) is 5. The number of aromatic nitrogens is 4. The highest BCUT2D eigenvalue weighted by atomic mass is 19.4. The Kier molecular flexibility index (Phi) is 7.41. The maximum Gasteiger partial charge on any atom is 0.433 e. The van der Waals surface area contributed by atoms with Crippen molar-refractivity contribution in [3.05, 3.63) is 59.5 Å². The number of likely N-dealkylation sites (N-methyl/N-ethyl adjacent to an activating group) is 1. The zero-order valence-corrected chi connectivity index (χ0v) is 19.5. The Bertz CT molecular complexity index is 1170. The van der Waals surface area contributed by atoms with Gasteiger partial charge in [-0.3, -0.25) is 9.48 Å². The van der Waals surface area contributed by atoms with E-state index < -0.39 is 29.7 Å². The van der Waals surface area contributed by atoms with Crippen LogP contribution in [0.15, 0.2) is 42.7 Å². The summed E-state index contributed by atoms with van der Waals surface area (Å²) in [4.78, 5) is 22.3. The van der Waals surface area contributed by atoms with Crippen LogP contribution in [0, 0.1) is 0 Å². The van der Waals surface area contributed by atoms with Crippen molar-refractivity contribution in [3.63, 3.8) is 0 Å².